The maximum Gasteiger partial charge on any atom is 0.303 e. The Morgan fingerprint density at radius 2 is 0.745 bits per heavy atom. The van der Waals surface area contributed by atoms with Crippen molar-refractivity contribution in [2.24, 2.45) is 37.9 Å². The Hall–Kier alpha value is -10.8. The SMILES string of the molecule is C.C.C.COc1ccc2c(c1)C1CC1(C(=O)N1CC34COCC3(CN(C)C4)C1)Cn1c-2c(C2CCCCC2)c2ccc(C(=O)NS(=O)(=O)N(C)C)cc21.COc1ccc2c(c1)C=C(C(=O)N1CC34CNCC3(COC4)C1)Cn1c-2c(C2CCCCC2)c2ccc(C(=O)NS(=O)(=O)C3CC3)cc21.COc1ccc2c(c1)C=C(C(=O)N1CC34CNCC3(COC4)C1)Cn1c-2c(C2CCCCC2)c2ccc(C(=O)NS(=O)(=O)N(C)C)cc21. The van der Waals surface area contributed by atoms with Crippen LogP contribution in [0.25, 0.3) is 78.6 Å². The van der Waals surface area contributed by atoms with Crippen molar-refractivity contribution in [1.29, 1.82) is 0 Å². The van der Waals surface area contributed by atoms with E-state index in [-0.39, 0.29) is 89.5 Å². The number of methoxy groups -OCH3 is 3. The van der Waals surface area contributed by atoms with Gasteiger partial charge in [0.05, 0.1) is 102 Å². The summed E-state index contributed by atoms with van der Waals surface area (Å²) in [5.41, 5.74) is 17.0. The first-order valence-electron chi connectivity index (χ1n) is 52.4. The summed E-state index contributed by atoms with van der Waals surface area (Å²) < 4.78 is 126. The fourth-order valence-corrected chi connectivity index (χ4v) is 31.5. The molecule has 26 rings (SSSR count). The molecule has 796 valence electrons. The molecule has 0 spiro atoms. The third kappa shape index (κ3) is 17.0. The van der Waals surface area contributed by atoms with Crippen molar-refractivity contribution in [2.75, 3.05) is 175 Å². The maximum absolute atomic E-state index is 15.2. The molecule has 5 aliphatic carbocycles. The van der Waals surface area contributed by atoms with E-state index in [1.807, 2.05) is 82.6 Å². The Kier molecular flexibility index (Phi) is 26.8. The quantitative estimate of drug-likeness (QED) is 0.0533. The second-order valence-electron chi connectivity index (χ2n) is 46.0. The van der Waals surface area contributed by atoms with Gasteiger partial charge in [-0.1, -0.05) is 98.3 Å². The van der Waals surface area contributed by atoms with E-state index in [1.54, 1.807) is 45.6 Å². The van der Waals surface area contributed by atoms with Gasteiger partial charge in [0, 0.05) is 229 Å². The van der Waals surface area contributed by atoms with E-state index in [1.165, 1.54) is 64.1 Å². The summed E-state index contributed by atoms with van der Waals surface area (Å²) in [6.07, 6.45) is 23.0. The topological polar surface area (TPSA) is 355 Å². The van der Waals surface area contributed by atoms with E-state index in [4.69, 9.17) is 28.4 Å². The Balaban J connectivity index is 0.000000129. The molecule has 6 amide bonds. The summed E-state index contributed by atoms with van der Waals surface area (Å²) in [7, 11) is 1.05. The lowest BCUT2D eigenvalue weighted by atomic mass is 9.71. The fraction of sp³-hybridized carbons (Fsp3) is 0.544. The van der Waals surface area contributed by atoms with Gasteiger partial charge >= 0.3 is 20.4 Å². The van der Waals surface area contributed by atoms with Crippen molar-refractivity contribution in [3.8, 4) is 51.0 Å². The summed E-state index contributed by atoms with van der Waals surface area (Å²) in [6, 6.07) is 35.1. The third-order valence-electron chi connectivity index (χ3n) is 36.9. The van der Waals surface area contributed by atoms with Crippen LogP contribution in [0.1, 0.15) is 226 Å². The number of likely N-dealkylation sites (tertiary alicyclic amines) is 4. The highest BCUT2D eigenvalue weighted by Crippen LogP contribution is 2.69. The number of fused-ring (bicyclic) bond motifs is 17. The number of hydrogen-bond acceptors (Lipinski definition) is 21. The van der Waals surface area contributed by atoms with Crippen molar-refractivity contribution in [2.45, 2.75) is 186 Å². The average molecular weight is 2090 g/mol. The molecule has 9 saturated heterocycles. The molecule has 32 nitrogen and oxygen atoms in total. The summed E-state index contributed by atoms with van der Waals surface area (Å²) in [5, 5.41) is 9.80. The molecular weight excluding hydrogens is 1950 g/mol. The third-order valence-corrected chi connectivity index (χ3v) is 41.6. The largest absolute Gasteiger partial charge is 0.497 e. The van der Waals surface area contributed by atoms with Crippen LogP contribution in [-0.2, 0) is 78.7 Å². The van der Waals surface area contributed by atoms with Gasteiger partial charge in [0.1, 0.15) is 17.2 Å². The van der Waals surface area contributed by atoms with E-state index in [2.05, 4.69) is 79.6 Å². The number of sulfonamides is 1. The first kappa shape index (κ1) is 104. The summed E-state index contributed by atoms with van der Waals surface area (Å²) >= 11 is 0. The van der Waals surface area contributed by atoms with Gasteiger partial charge in [-0.25, -0.2) is 22.6 Å². The number of benzene rings is 6. The summed E-state index contributed by atoms with van der Waals surface area (Å²) in [4.78, 5) is 93.2. The van der Waals surface area contributed by atoms with Crippen LogP contribution in [0.3, 0.4) is 0 Å². The normalized spacial score (nSPS) is 27.0. The molecule has 14 fully saturated rings. The number of ether oxygens (including phenoxy) is 6. The number of rotatable bonds is 18. The van der Waals surface area contributed by atoms with Gasteiger partial charge in [-0.05, 0) is 219 Å². The van der Waals surface area contributed by atoms with Gasteiger partial charge in [-0.3, -0.25) is 28.8 Å². The molecule has 9 aromatic rings. The van der Waals surface area contributed by atoms with Crippen molar-refractivity contribution in [3.63, 3.8) is 0 Å². The van der Waals surface area contributed by atoms with Crippen LogP contribution in [0.5, 0.6) is 17.2 Å². The van der Waals surface area contributed by atoms with Crippen LogP contribution in [0.2, 0.25) is 0 Å². The number of nitrogens with zero attached hydrogens (tertiary/aromatic N) is 9. The number of carbonyl (C=O) groups is 6. The van der Waals surface area contributed by atoms with Crippen LogP contribution in [0, 0.1) is 37.9 Å². The molecule has 15 heterocycles. The minimum atomic E-state index is -3.98. The Labute approximate surface area is 874 Å². The molecule has 12 aliphatic heterocycles. The summed E-state index contributed by atoms with van der Waals surface area (Å²) in [5.74, 6) is 1.53. The monoisotopic (exact) mass is 2090 g/mol. The highest BCUT2D eigenvalue weighted by atomic mass is 32.2. The maximum atomic E-state index is 15.2. The van der Waals surface area contributed by atoms with E-state index < -0.39 is 58.8 Å². The van der Waals surface area contributed by atoms with Gasteiger partial charge in [-0.15, -0.1) is 0 Å². The van der Waals surface area contributed by atoms with Crippen LogP contribution in [0.15, 0.2) is 120 Å². The number of hydrogen-bond donors (Lipinski definition) is 5. The van der Waals surface area contributed by atoms with Crippen molar-refractivity contribution < 1.29 is 82.4 Å². The molecule has 17 aliphatic rings. The lowest BCUT2D eigenvalue weighted by Crippen LogP contribution is -2.43. The van der Waals surface area contributed by atoms with Crippen LogP contribution < -0.4 is 39.0 Å². The highest BCUT2D eigenvalue weighted by Gasteiger charge is 2.72. The van der Waals surface area contributed by atoms with Gasteiger partial charge in [0.15, 0.2) is 0 Å². The molecule has 35 heteroatoms. The predicted octanol–water partition coefficient (Wildman–Crippen LogP) is 14.3. The first-order chi connectivity index (χ1) is 70.2. The van der Waals surface area contributed by atoms with Gasteiger partial charge in [0.2, 0.25) is 15.9 Å². The fourth-order valence-electron chi connectivity index (χ4n) is 29.1. The zero-order valence-corrected chi connectivity index (χ0v) is 87.1. The van der Waals surface area contributed by atoms with Crippen LogP contribution in [0.4, 0.5) is 0 Å². The average Bonchev–Trinajstić information content (AvgIpc) is 1.50. The molecule has 8 unspecified atom stereocenters. The number of carbonyl (C=O) groups excluding carboxylic acids is 6. The molecule has 0 bridgehead atoms. The molecule has 3 aromatic heterocycles. The van der Waals surface area contributed by atoms with Crippen LogP contribution >= 0.6 is 0 Å². The smallest absolute Gasteiger partial charge is 0.303 e. The lowest BCUT2D eigenvalue weighted by Gasteiger charge is -2.29. The van der Waals surface area contributed by atoms with Gasteiger partial charge in [-0.2, -0.15) is 25.4 Å². The Bertz CT molecular complexity index is 7040. The second kappa shape index (κ2) is 38.5. The molecule has 149 heavy (non-hydrogen) atoms. The van der Waals surface area contributed by atoms with Crippen molar-refractivity contribution >= 4 is 111 Å². The first-order valence-corrected chi connectivity index (χ1v) is 56.8. The lowest BCUT2D eigenvalue weighted by molar-refractivity contribution is -0.138. The van der Waals surface area contributed by atoms with Crippen molar-refractivity contribution in [1.82, 2.24) is 66.7 Å². The number of amides is 6. The van der Waals surface area contributed by atoms with Crippen LogP contribution in [-0.4, -0.2) is 283 Å². The number of aromatic nitrogens is 3. The molecule has 8 atom stereocenters. The van der Waals surface area contributed by atoms with Gasteiger partial charge in [0.25, 0.3) is 29.5 Å². The van der Waals surface area contributed by atoms with E-state index in [0.29, 0.717) is 152 Å². The minimum Gasteiger partial charge on any atom is -0.497 e. The Morgan fingerprint density at radius 1 is 0.396 bits per heavy atom. The molecule has 0 radical (unpaired) electrons. The molecular formula is C114H144N14O18S3. The zero-order chi connectivity index (χ0) is 101. The Morgan fingerprint density at radius 3 is 1.12 bits per heavy atom. The molecule has 5 saturated carbocycles. The summed E-state index contributed by atoms with van der Waals surface area (Å²) in [6.45, 7) is 14.6. The number of nitrogens with one attached hydrogen (secondary N) is 5. The van der Waals surface area contributed by atoms with E-state index in [0.717, 1.165) is 226 Å². The standard InChI is InChI=1S/C38H47N5O6S.C37H42N4O6S.C36H43N5O6S.3CH4/c1-40(2)50(46,47)39-34(44)25-10-12-28-31(14-25)43-21-38(35(45)42-19-36-17-41(3)18-37(36,20-42)23-49-22-36)16-30(38)29-15-26(48-4)11-13-27(29)33(43)32(28)24-8-6-5-7-9-24;1-46-27-8-12-29-25(14-27)13-26(35(43)40-19-36-17-38-18-37(36,20-40)22-47-21-36)16-41-31-15-24(34(42)39-48(44,45)28-9-10-28)7-11-30(31)32(33(29)41)23-5-3-2-4-6-23;1-39(2)48(44,45)38-33(42)24-9-11-29-30(15-24)41-16-26(34(43)40-19-35-17-37-18-36(35,20-40)22-47-21-35)13-25-14-27(46-3)10-12-28(25)32(41)31(29)23-7-5-4-6-8-23;;;/h10-15,24,30H,5-9,16-23H2,1-4H3,(H,39,44);7-8,11-15,23,28,38H,2-6,9-10,16-22H2,1H3,(H,39,42);9-15,23,37H,4-8,16-22H2,1-3H3,(H,38,42);3*1H4. The minimum absolute atomic E-state index is 0. The molecule has 5 N–H and O–H groups in total. The zero-order valence-electron chi connectivity index (χ0n) is 84.6. The van der Waals surface area contributed by atoms with E-state index in [9.17, 15) is 49.2 Å². The second-order valence-corrected chi connectivity index (χ2v) is 51.7. The highest BCUT2D eigenvalue weighted by molar-refractivity contribution is 7.91. The predicted molar refractivity (Wildman–Crippen MR) is 575 cm³/mol. The van der Waals surface area contributed by atoms with E-state index >= 15 is 4.79 Å². The van der Waals surface area contributed by atoms with Crippen molar-refractivity contribution in [3.05, 3.63) is 170 Å². The molecule has 6 aromatic carbocycles. The van der Waals surface area contributed by atoms with Gasteiger partial charge < -0.3 is 72.4 Å².